The Morgan fingerprint density at radius 2 is 1.79 bits per heavy atom. The van der Waals surface area contributed by atoms with Crippen molar-refractivity contribution in [3.05, 3.63) is 57.7 Å². The zero-order valence-corrected chi connectivity index (χ0v) is 17.7. The fourth-order valence-corrected chi connectivity index (χ4v) is 6.31. The number of hydrogen-bond donors (Lipinski definition) is 0. The Morgan fingerprint density at radius 1 is 1.07 bits per heavy atom. The molecule has 2 aromatic heterocycles. The molecule has 3 aromatic rings. The SMILES string of the molecule is Cc1nc(-c2ccsc2)sc1C(=O)N1CCN(S(=O)(=O)c2ccccc2)CC1. The highest BCUT2D eigenvalue weighted by atomic mass is 32.2. The molecule has 146 valence electrons. The van der Waals surface area contributed by atoms with Crippen LogP contribution in [0.15, 0.2) is 52.1 Å². The summed E-state index contributed by atoms with van der Waals surface area (Å²) in [5, 5.41) is 4.84. The first-order valence-electron chi connectivity index (χ1n) is 8.81. The number of rotatable bonds is 4. The normalized spacial score (nSPS) is 15.7. The van der Waals surface area contributed by atoms with E-state index in [1.807, 2.05) is 23.8 Å². The summed E-state index contributed by atoms with van der Waals surface area (Å²) in [5.41, 5.74) is 1.74. The molecule has 1 fully saturated rings. The van der Waals surface area contributed by atoms with Gasteiger partial charge in [-0.15, -0.1) is 11.3 Å². The van der Waals surface area contributed by atoms with Gasteiger partial charge in [-0.25, -0.2) is 13.4 Å². The number of thiophene rings is 1. The maximum Gasteiger partial charge on any atom is 0.265 e. The van der Waals surface area contributed by atoms with Gasteiger partial charge >= 0.3 is 0 Å². The van der Waals surface area contributed by atoms with E-state index in [0.29, 0.717) is 18.0 Å². The summed E-state index contributed by atoms with van der Waals surface area (Å²) in [4.78, 5) is 20.1. The van der Waals surface area contributed by atoms with Crippen LogP contribution in [0.5, 0.6) is 0 Å². The maximum atomic E-state index is 13.0. The van der Waals surface area contributed by atoms with Gasteiger partial charge in [0.25, 0.3) is 5.91 Å². The number of hydrogen-bond acceptors (Lipinski definition) is 6. The van der Waals surface area contributed by atoms with Crippen molar-refractivity contribution in [3.63, 3.8) is 0 Å². The van der Waals surface area contributed by atoms with Crippen LogP contribution in [-0.2, 0) is 10.0 Å². The third kappa shape index (κ3) is 3.62. The number of sulfonamides is 1. The molecule has 0 radical (unpaired) electrons. The van der Waals surface area contributed by atoms with Gasteiger partial charge in [0.15, 0.2) is 0 Å². The van der Waals surface area contributed by atoms with E-state index in [4.69, 9.17) is 0 Å². The molecule has 9 heteroatoms. The first-order chi connectivity index (χ1) is 13.5. The van der Waals surface area contributed by atoms with Crippen molar-refractivity contribution in [2.75, 3.05) is 26.2 Å². The summed E-state index contributed by atoms with van der Waals surface area (Å²) < 4.78 is 26.9. The molecule has 3 heterocycles. The summed E-state index contributed by atoms with van der Waals surface area (Å²) in [5.74, 6) is -0.0757. The van der Waals surface area contributed by atoms with E-state index < -0.39 is 10.0 Å². The predicted molar refractivity (Wildman–Crippen MR) is 111 cm³/mol. The van der Waals surface area contributed by atoms with E-state index in [-0.39, 0.29) is 23.9 Å². The number of carbonyl (C=O) groups is 1. The van der Waals surface area contributed by atoms with Crippen molar-refractivity contribution in [3.8, 4) is 10.6 Å². The lowest BCUT2D eigenvalue weighted by molar-refractivity contribution is 0.0702. The Morgan fingerprint density at radius 3 is 2.43 bits per heavy atom. The van der Waals surface area contributed by atoms with Crippen molar-refractivity contribution < 1.29 is 13.2 Å². The van der Waals surface area contributed by atoms with E-state index in [0.717, 1.165) is 16.3 Å². The Balaban J connectivity index is 1.46. The summed E-state index contributed by atoms with van der Waals surface area (Å²) in [7, 11) is -3.52. The van der Waals surface area contributed by atoms with Crippen LogP contribution in [0.4, 0.5) is 0 Å². The minimum atomic E-state index is -3.52. The number of amides is 1. The molecule has 0 N–H and O–H groups in total. The molecular weight excluding hydrogens is 414 g/mol. The molecule has 0 saturated carbocycles. The summed E-state index contributed by atoms with van der Waals surface area (Å²) in [6.07, 6.45) is 0. The second-order valence-electron chi connectivity index (χ2n) is 6.45. The molecule has 0 atom stereocenters. The number of nitrogens with zero attached hydrogens (tertiary/aromatic N) is 3. The van der Waals surface area contributed by atoms with Crippen LogP contribution in [0.2, 0.25) is 0 Å². The lowest BCUT2D eigenvalue weighted by Gasteiger charge is -2.33. The molecule has 0 unspecified atom stereocenters. The van der Waals surface area contributed by atoms with Crippen molar-refractivity contribution >= 4 is 38.6 Å². The topological polar surface area (TPSA) is 70.6 Å². The maximum absolute atomic E-state index is 13.0. The van der Waals surface area contributed by atoms with Crippen molar-refractivity contribution in [2.24, 2.45) is 0 Å². The number of aromatic nitrogens is 1. The second-order valence-corrected chi connectivity index (χ2v) is 10.2. The van der Waals surface area contributed by atoms with Gasteiger partial charge in [0.05, 0.1) is 10.6 Å². The molecule has 0 bridgehead atoms. The summed E-state index contributed by atoms with van der Waals surface area (Å²) in [6, 6.07) is 10.4. The van der Waals surface area contributed by atoms with Crippen LogP contribution in [0.3, 0.4) is 0 Å². The highest BCUT2D eigenvalue weighted by molar-refractivity contribution is 7.89. The number of carbonyl (C=O) groups excluding carboxylic acids is 1. The zero-order valence-electron chi connectivity index (χ0n) is 15.2. The minimum absolute atomic E-state index is 0.0757. The van der Waals surface area contributed by atoms with Crippen molar-refractivity contribution in [1.82, 2.24) is 14.2 Å². The van der Waals surface area contributed by atoms with Gasteiger partial charge in [0.1, 0.15) is 9.88 Å². The van der Waals surface area contributed by atoms with Gasteiger partial charge in [-0.3, -0.25) is 4.79 Å². The summed E-state index contributed by atoms with van der Waals surface area (Å²) in [6.45, 7) is 3.16. The van der Waals surface area contributed by atoms with Gasteiger partial charge in [-0.05, 0) is 30.5 Å². The van der Waals surface area contributed by atoms with E-state index in [1.165, 1.54) is 15.6 Å². The highest BCUT2D eigenvalue weighted by Crippen LogP contribution is 2.30. The molecule has 1 amide bonds. The predicted octanol–water partition coefficient (Wildman–Crippen LogP) is 3.33. The molecule has 6 nitrogen and oxygen atoms in total. The average Bonchev–Trinajstić information content (AvgIpc) is 3.38. The standard InChI is InChI=1S/C19H19N3O3S3/c1-14-17(27-18(20-14)15-7-12-26-13-15)19(23)21-8-10-22(11-9-21)28(24,25)16-5-3-2-4-6-16/h2-7,12-13H,8-11H2,1H3. The number of piperazine rings is 1. The Bertz CT molecular complexity index is 1070. The molecule has 1 aliphatic rings. The van der Waals surface area contributed by atoms with E-state index >= 15 is 0 Å². The van der Waals surface area contributed by atoms with Crippen LogP contribution < -0.4 is 0 Å². The van der Waals surface area contributed by atoms with Gasteiger partial charge in [-0.2, -0.15) is 15.6 Å². The number of benzene rings is 1. The van der Waals surface area contributed by atoms with Gasteiger partial charge in [0, 0.05) is 37.1 Å². The number of thiazole rings is 1. The number of aryl methyl sites for hydroxylation is 1. The molecule has 1 aliphatic heterocycles. The van der Waals surface area contributed by atoms with Crippen molar-refractivity contribution in [2.45, 2.75) is 11.8 Å². The van der Waals surface area contributed by atoms with Crippen molar-refractivity contribution in [1.29, 1.82) is 0 Å². The van der Waals surface area contributed by atoms with Gasteiger partial charge in [-0.1, -0.05) is 18.2 Å². The third-order valence-corrected chi connectivity index (χ3v) is 8.46. The molecule has 0 spiro atoms. The molecule has 28 heavy (non-hydrogen) atoms. The second kappa shape index (κ2) is 7.75. The third-order valence-electron chi connectivity index (χ3n) is 4.67. The smallest absolute Gasteiger partial charge is 0.265 e. The first kappa shape index (κ1) is 19.3. The van der Waals surface area contributed by atoms with E-state index in [9.17, 15) is 13.2 Å². The van der Waals surface area contributed by atoms with Gasteiger partial charge in [0.2, 0.25) is 10.0 Å². The monoisotopic (exact) mass is 433 g/mol. The van der Waals surface area contributed by atoms with Crippen LogP contribution in [0.25, 0.3) is 10.6 Å². The lowest BCUT2D eigenvalue weighted by atomic mass is 10.3. The van der Waals surface area contributed by atoms with Gasteiger partial charge < -0.3 is 4.90 Å². The molecule has 1 aromatic carbocycles. The Kier molecular flexibility index (Phi) is 5.33. The molecule has 4 rings (SSSR count). The Labute approximate surface area is 172 Å². The van der Waals surface area contributed by atoms with E-state index in [2.05, 4.69) is 4.98 Å². The van der Waals surface area contributed by atoms with Crippen LogP contribution in [0, 0.1) is 6.92 Å². The Hall–Kier alpha value is -2.07. The average molecular weight is 434 g/mol. The molecular formula is C19H19N3O3S3. The van der Waals surface area contributed by atoms with E-state index in [1.54, 1.807) is 46.6 Å². The quantitative estimate of drug-likeness (QED) is 0.633. The zero-order chi connectivity index (χ0) is 19.7. The van der Waals surface area contributed by atoms with Crippen LogP contribution >= 0.6 is 22.7 Å². The van der Waals surface area contributed by atoms with Crippen LogP contribution in [0.1, 0.15) is 15.4 Å². The fourth-order valence-electron chi connectivity index (χ4n) is 3.12. The summed E-state index contributed by atoms with van der Waals surface area (Å²) >= 11 is 2.99. The van der Waals surface area contributed by atoms with Crippen LogP contribution in [-0.4, -0.2) is 54.7 Å². The largest absolute Gasteiger partial charge is 0.335 e. The minimum Gasteiger partial charge on any atom is -0.335 e. The fraction of sp³-hybridized carbons (Fsp3) is 0.263. The molecule has 0 aliphatic carbocycles. The first-order valence-corrected chi connectivity index (χ1v) is 12.0. The lowest BCUT2D eigenvalue weighted by Crippen LogP contribution is -2.50. The highest BCUT2D eigenvalue weighted by Gasteiger charge is 2.31. The molecule has 1 saturated heterocycles.